The average Bonchev–Trinajstić information content (AvgIpc) is 2.18. The molecule has 0 aromatic carbocycles. The minimum atomic E-state index is -0.396. The molecule has 5 heteroatoms. The summed E-state index contributed by atoms with van der Waals surface area (Å²) >= 11 is 1.70. The van der Waals surface area contributed by atoms with Gasteiger partial charge in [-0.05, 0) is 19.1 Å². The first kappa shape index (κ1) is 13.7. The largest absolute Gasteiger partial charge is 0.385 e. The van der Waals surface area contributed by atoms with E-state index in [9.17, 15) is 4.79 Å². The van der Waals surface area contributed by atoms with E-state index in [4.69, 9.17) is 10.5 Å². The Hall–Kier alpha value is -0.260. The molecule has 84 valence electrons. The van der Waals surface area contributed by atoms with Crippen molar-refractivity contribution in [3.8, 4) is 0 Å². The molecule has 0 radical (unpaired) electrons. The molecule has 0 aromatic rings. The quantitative estimate of drug-likeness (QED) is 0.574. The Morgan fingerprint density at radius 1 is 1.64 bits per heavy atom. The summed E-state index contributed by atoms with van der Waals surface area (Å²) in [5, 5.41) is 2.78. The van der Waals surface area contributed by atoms with Gasteiger partial charge in [-0.25, -0.2) is 0 Å². The molecule has 0 saturated heterocycles. The van der Waals surface area contributed by atoms with E-state index in [1.165, 1.54) is 0 Å². The molecule has 0 bridgehead atoms. The van der Waals surface area contributed by atoms with Crippen molar-refractivity contribution >= 4 is 17.7 Å². The Balaban J connectivity index is 3.44. The van der Waals surface area contributed by atoms with E-state index in [0.717, 1.165) is 12.2 Å². The van der Waals surface area contributed by atoms with Crippen LogP contribution in [0.15, 0.2) is 0 Å². The highest BCUT2D eigenvalue weighted by atomic mass is 32.2. The molecule has 0 heterocycles. The third kappa shape index (κ3) is 7.17. The Morgan fingerprint density at radius 3 is 2.93 bits per heavy atom. The van der Waals surface area contributed by atoms with Crippen LogP contribution in [0.1, 0.15) is 12.8 Å². The summed E-state index contributed by atoms with van der Waals surface area (Å²) < 4.78 is 4.88. The van der Waals surface area contributed by atoms with E-state index in [2.05, 4.69) is 5.32 Å². The summed E-state index contributed by atoms with van der Waals surface area (Å²) in [6, 6.07) is -0.396. The van der Waals surface area contributed by atoms with Crippen molar-refractivity contribution < 1.29 is 9.53 Å². The fraction of sp³-hybridized carbons (Fsp3) is 0.889. The second-order valence-electron chi connectivity index (χ2n) is 3.03. The first-order valence-electron chi connectivity index (χ1n) is 4.73. The van der Waals surface area contributed by atoms with Crippen molar-refractivity contribution in [3.63, 3.8) is 0 Å². The van der Waals surface area contributed by atoms with E-state index >= 15 is 0 Å². The third-order valence-electron chi connectivity index (χ3n) is 1.81. The van der Waals surface area contributed by atoms with Gasteiger partial charge >= 0.3 is 0 Å². The average molecular weight is 220 g/mol. The van der Waals surface area contributed by atoms with Gasteiger partial charge in [0.2, 0.25) is 5.91 Å². The van der Waals surface area contributed by atoms with Gasteiger partial charge in [0, 0.05) is 26.0 Å². The van der Waals surface area contributed by atoms with E-state index in [-0.39, 0.29) is 5.91 Å². The van der Waals surface area contributed by atoms with Crippen LogP contribution in [0.5, 0.6) is 0 Å². The highest BCUT2D eigenvalue weighted by molar-refractivity contribution is 7.98. The minimum absolute atomic E-state index is 0.0600. The smallest absolute Gasteiger partial charge is 0.236 e. The van der Waals surface area contributed by atoms with Gasteiger partial charge in [0.1, 0.15) is 0 Å². The summed E-state index contributed by atoms with van der Waals surface area (Å²) in [4.78, 5) is 11.3. The first-order chi connectivity index (χ1) is 6.72. The second-order valence-corrected chi connectivity index (χ2v) is 4.01. The number of hydrogen-bond acceptors (Lipinski definition) is 4. The van der Waals surface area contributed by atoms with Gasteiger partial charge in [-0.2, -0.15) is 11.8 Å². The number of rotatable bonds is 8. The molecule has 0 aromatic heterocycles. The maximum atomic E-state index is 11.3. The lowest BCUT2D eigenvalue weighted by molar-refractivity contribution is -0.122. The lowest BCUT2D eigenvalue weighted by Crippen LogP contribution is -2.41. The lowest BCUT2D eigenvalue weighted by atomic mass is 10.1. The summed E-state index contributed by atoms with van der Waals surface area (Å²) in [6.45, 7) is 1.35. The number of nitrogens with one attached hydrogen (secondary N) is 1. The van der Waals surface area contributed by atoms with Crippen molar-refractivity contribution in [1.82, 2.24) is 5.32 Å². The fourth-order valence-electron chi connectivity index (χ4n) is 0.986. The molecule has 0 aliphatic carbocycles. The maximum absolute atomic E-state index is 11.3. The topological polar surface area (TPSA) is 64.3 Å². The zero-order valence-corrected chi connectivity index (χ0v) is 9.73. The third-order valence-corrected chi connectivity index (χ3v) is 2.42. The van der Waals surface area contributed by atoms with Gasteiger partial charge in [-0.1, -0.05) is 0 Å². The highest BCUT2D eigenvalue weighted by Crippen LogP contribution is 1.95. The number of amides is 1. The van der Waals surface area contributed by atoms with Crippen molar-refractivity contribution in [2.75, 3.05) is 32.3 Å². The van der Waals surface area contributed by atoms with Crippen molar-refractivity contribution in [2.45, 2.75) is 18.9 Å². The molecule has 0 aliphatic heterocycles. The molecule has 0 rings (SSSR count). The number of hydrogen-bond donors (Lipinski definition) is 2. The van der Waals surface area contributed by atoms with Crippen LogP contribution in [0, 0.1) is 0 Å². The van der Waals surface area contributed by atoms with Crippen molar-refractivity contribution in [2.24, 2.45) is 5.73 Å². The zero-order valence-electron chi connectivity index (χ0n) is 8.91. The molecular weight excluding hydrogens is 200 g/mol. The van der Waals surface area contributed by atoms with Gasteiger partial charge < -0.3 is 15.8 Å². The summed E-state index contributed by atoms with van der Waals surface area (Å²) in [6.07, 6.45) is 3.51. The molecule has 3 N–H and O–H groups in total. The summed E-state index contributed by atoms with van der Waals surface area (Å²) in [5.74, 6) is 0.867. The van der Waals surface area contributed by atoms with Gasteiger partial charge in [0.05, 0.1) is 6.04 Å². The number of methoxy groups -OCH3 is 1. The zero-order chi connectivity index (χ0) is 10.8. The standard InChI is InChI=1S/C9H20N2O2S/c1-13-6-3-4-8(10)9(12)11-5-7-14-2/h8H,3-7,10H2,1-2H3,(H,11,12). The predicted octanol–water partition coefficient (Wildman–Crippen LogP) is 0.220. The van der Waals surface area contributed by atoms with Crippen LogP contribution in [0.4, 0.5) is 0 Å². The highest BCUT2D eigenvalue weighted by Gasteiger charge is 2.11. The fourth-order valence-corrected chi connectivity index (χ4v) is 1.29. The van der Waals surface area contributed by atoms with E-state index in [0.29, 0.717) is 19.6 Å². The Labute approximate surface area is 89.9 Å². The molecule has 0 fully saturated rings. The number of ether oxygens (including phenoxy) is 1. The maximum Gasteiger partial charge on any atom is 0.236 e. The molecule has 0 aliphatic rings. The van der Waals surface area contributed by atoms with Crippen LogP contribution < -0.4 is 11.1 Å². The molecule has 0 saturated carbocycles. The number of thioether (sulfide) groups is 1. The first-order valence-corrected chi connectivity index (χ1v) is 6.13. The van der Waals surface area contributed by atoms with Gasteiger partial charge in [0.25, 0.3) is 0 Å². The lowest BCUT2D eigenvalue weighted by Gasteiger charge is -2.11. The van der Waals surface area contributed by atoms with E-state index in [1.54, 1.807) is 18.9 Å². The number of nitrogens with two attached hydrogens (primary N) is 1. The van der Waals surface area contributed by atoms with Crippen molar-refractivity contribution in [1.29, 1.82) is 0 Å². The molecule has 1 unspecified atom stereocenters. The number of carbonyl (C=O) groups excluding carboxylic acids is 1. The van der Waals surface area contributed by atoms with Crippen LogP contribution in [0.25, 0.3) is 0 Å². The Kier molecular flexibility index (Phi) is 9.13. The van der Waals surface area contributed by atoms with Crippen LogP contribution in [0.3, 0.4) is 0 Å². The second kappa shape index (κ2) is 9.30. The molecule has 4 nitrogen and oxygen atoms in total. The van der Waals surface area contributed by atoms with Gasteiger partial charge in [0.15, 0.2) is 0 Å². The monoisotopic (exact) mass is 220 g/mol. The SMILES string of the molecule is COCCCC(N)C(=O)NCCSC. The minimum Gasteiger partial charge on any atom is -0.385 e. The van der Waals surface area contributed by atoms with Gasteiger partial charge in [-0.3, -0.25) is 4.79 Å². The molecule has 0 spiro atoms. The Morgan fingerprint density at radius 2 is 2.36 bits per heavy atom. The Bertz CT molecular complexity index is 156. The molecule has 1 atom stereocenters. The van der Waals surface area contributed by atoms with Crippen molar-refractivity contribution in [3.05, 3.63) is 0 Å². The van der Waals surface area contributed by atoms with Crippen LogP contribution >= 0.6 is 11.8 Å². The van der Waals surface area contributed by atoms with E-state index < -0.39 is 6.04 Å². The van der Waals surface area contributed by atoms with Crippen LogP contribution in [-0.2, 0) is 9.53 Å². The molecule has 14 heavy (non-hydrogen) atoms. The summed E-state index contributed by atoms with van der Waals surface area (Å²) in [7, 11) is 1.64. The summed E-state index contributed by atoms with van der Waals surface area (Å²) in [5.41, 5.74) is 5.67. The normalized spacial score (nSPS) is 12.5. The van der Waals surface area contributed by atoms with Crippen LogP contribution in [0.2, 0.25) is 0 Å². The number of carbonyl (C=O) groups is 1. The molecular formula is C9H20N2O2S. The van der Waals surface area contributed by atoms with E-state index in [1.807, 2.05) is 6.26 Å². The predicted molar refractivity (Wildman–Crippen MR) is 60.5 cm³/mol. The molecule has 1 amide bonds. The van der Waals surface area contributed by atoms with Crippen LogP contribution in [-0.4, -0.2) is 44.2 Å². The van der Waals surface area contributed by atoms with Gasteiger partial charge in [-0.15, -0.1) is 0 Å².